The zero-order chi connectivity index (χ0) is 16.5. The molecule has 2 unspecified atom stereocenters. The van der Waals surface area contributed by atoms with E-state index in [4.69, 9.17) is 4.74 Å². The molecule has 0 radical (unpaired) electrons. The van der Waals surface area contributed by atoms with Gasteiger partial charge in [0, 0.05) is 6.54 Å². The molecule has 2 aromatic carbocycles. The molecule has 0 aromatic heterocycles. The molecule has 0 saturated heterocycles. The molecule has 3 heteroatoms. The summed E-state index contributed by atoms with van der Waals surface area (Å²) in [6.45, 7) is 7.35. The Balaban J connectivity index is 1.92. The molecule has 0 aliphatic carbocycles. The van der Waals surface area contributed by atoms with E-state index in [0.717, 1.165) is 11.1 Å². The van der Waals surface area contributed by atoms with Crippen LogP contribution in [0.2, 0.25) is 0 Å². The average molecular weight is 311 g/mol. The first-order valence-electron chi connectivity index (χ1n) is 7.94. The highest BCUT2D eigenvalue weighted by Crippen LogP contribution is 2.15. The first-order valence-corrected chi connectivity index (χ1v) is 7.94. The summed E-state index contributed by atoms with van der Waals surface area (Å²) < 4.78 is 5.81. The van der Waals surface area contributed by atoms with Gasteiger partial charge in [0.15, 0.2) is 0 Å². The maximum absolute atomic E-state index is 10.5. The molecule has 122 valence electrons. The number of benzene rings is 2. The second-order valence-corrected chi connectivity index (χ2v) is 5.75. The van der Waals surface area contributed by atoms with Crippen LogP contribution in [0.1, 0.15) is 18.1 Å². The van der Waals surface area contributed by atoms with Crippen LogP contribution in [0.3, 0.4) is 0 Å². The average Bonchev–Trinajstić information content (AvgIpc) is 2.60. The lowest BCUT2D eigenvalue weighted by Gasteiger charge is -2.29. The molecule has 0 aliphatic rings. The van der Waals surface area contributed by atoms with Gasteiger partial charge in [0.05, 0.1) is 19.3 Å². The van der Waals surface area contributed by atoms with Crippen molar-refractivity contribution in [1.82, 2.24) is 5.06 Å². The zero-order valence-corrected chi connectivity index (χ0v) is 13.6. The predicted octanol–water partition coefficient (Wildman–Crippen LogP) is 4.29. The quantitative estimate of drug-likeness (QED) is 0.554. The highest BCUT2D eigenvalue weighted by Gasteiger charge is 2.22. The largest absolute Gasteiger partial charge is 0.375 e. The summed E-state index contributed by atoms with van der Waals surface area (Å²) in [6.07, 6.45) is 1.85. The first kappa shape index (κ1) is 17.4. The van der Waals surface area contributed by atoms with Gasteiger partial charge in [-0.3, -0.25) is 0 Å². The van der Waals surface area contributed by atoms with Crippen molar-refractivity contribution in [2.24, 2.45) is 5.92 Å². The third-order valence-corrected chi connectivity index (χ3v) is 3.95. The van der Waals surface area contributed by atoms with Gasteiger partial charge in [-0.25, -0.2) is 0 Å². The highest BCUT2D eigenvalue weighted by molar-refractivity contribution is 5.15. The molecule has 2 atom stereocenters. The minimum Gasteiger partial charge on any atom is -0.375 e. The van der Waals surface area contributed by atoms with E-state index in [-0.39, 0.29) is 12.0 Å². The molecule has 0 spiro atoms. The molecule has 2 rings (SSSR count). The van der Waals surface area contributed by atoms with Crippen LogP contribution in [0.4, 0.5) is 0 Å². The molecular formula is C20H25NO2. The Bertz CT molecular complexity index is 571. The standard InChI is InChI=1S/C20H25NO2/c1-3-17(2)20(16-23-15-19-12-8-5-9-13-19)21(22)14-18-10-6-4-7-11-18/h3-13,17,20,22H,1,14-16H2,2H3. The fraction of sp³-hybridized carbons (Fsp3) is 0.300. The van der Waals surface area contributed by atoms with Gasteiger partial charge in [0.1, 0.15) is 0 Å². The highest BCUT2D eigenvalue weighted by atomic mass is 16.5. The van der Waals surface area contributed by atoms with Gasteiger partial charge < -0.3 is 9.94 Å². The molecule has 2 aromatic rings. The van der Waals surface area contributed by atoms with Crippen LogP contribution in [0.15, 0.2) is 73.3 Å². The summed E-state index contributed by atoms with van der Waals surface area (Å²) in [5, 5.41) is 11.8. The molecule has 1 N–H and O–H groups in total. The van der Waals surface area contributed by atoms with E-state index in [1.165, 1.54) is 5.06 Å². The Morgan fingerprint density at radius 3 is 2.17 bits per heavy atom. The molecule has 3 nitrogen and oxygen atoms in total. The Kier molecular flexibility index (Phi) is 7.01. The summed E-state index contributed by atoms with van der Waals surface area (Å²) in [7, 11) is 0. The Labute approximate surface area is 138 Å². The van der Waals surface area contributed by atoms with Crippen molar-refractivity contribution in [3.8, 4) is 0 Å². The number of hydrogen-bond donors (Lipinski definition) is 1. The maximum atomic E-state index is 10.5. The summed E-state index contributed by atoms with van der Waals surface area (Å²) in [4.78, 5) is 0. The van der Waals surface area contributed by atoms with Crippen LogP contribution in [-0.2, 0) is 17.9 Å². The fourth-order valence-electron chi connectivity index (χ4n) is 2.43. The smallest absolute Gasteiger partial charge is 0.0717 e. The molecule has 23 heavy (non-hydrogen) atoms. The summed E-state index contributed by atoms with van der Waals surface area (Å²) >= 11 is 0. The zero-order valence-electron chi connectivity index (χ0n) is 13.6. The van der Waals surface area contributed by atoms with Crippen molar-refractivity contribution in [3.63, 3.8) is 0 Å². The lowest BCUT2D eigenvalue weighted by atomic mass is 10.0. The monoisotopic (exact) mass is 311 g/mol. The maximum Gasteiger partial charge on any atom is 0.0717 e. The molecule has 0 aliphatic heterocycles. The summed E-state index contributed by atoms with van der Waals surface area (Å²) in [6, 6.07) is 19.8. The van der Waals surface area contributed by atoms with Crippen LogP contribution in [0.25, 0.3) is 0 Å². The Hall–Kier alpha value is -1.94. The van der Waals surface area contributed by atoms with Crippen molar-refractivity contribution in [2.75, 3.05) is 6.61 Å². The van der Waals surface area contributed by atoms with E-state index in [0.29, 0.717) is 19.8 Å². The van der Waals surface area contributed by atoms with Crippen molar-refractivity contribution in [1.29, 1.82) is 0 Å². The topological polar surface area (TPSA) is 32.7 Å². The van der Waals surface area contributed by atoms with E-state index in [1.807, 2.05) is 73.7 Å². The third kappa shape index (κ3) is 5.64. The predicted molar refractivity (Wildman–Crippen MR) is 93.0 cm³/mol. The van der Waals surface area contributed by atoms with Gasteiger partial charge in [0.25, 0.3) is 0 Å². The van der Waals surface area contributed by atoms with Crippen molar-refractivity contribution in [2.45, 2.75) is 26.1 Å². The molecule has 0 fully saturated rings. The van der Waals surface area contributed by atoms with Gasteiger partial charge >= 0.3 is 0 Å². The van der Waals surface area contributed by atoms with Crippen LogP contribution in [0, 0.1) is 5.92 Å². The Morgan fingerprint density at radius 2 is 1.61 bits per heavy atom. The second-order valence-electron chi connectivity index (χ2n) is 5.75. The molecule has 0 bridgehead atoms. The van der Waals surface area contributed by atoms with Gasteiger partial charge in [-0.05, 0) is 17.0 Å². The van der Waals surface area contributed by atoms with Crippen LogP contribution < -0.4 is 0 Å². The van der Waals surface area contributed by atoms with Gasteiger partial charge in [-0.2, -0.15) is 5.06 Å². The van der Waals surface area contributed by atoms with E-state index < -0.39 is 0 Å². The number of hydrogen-bond acceptors (Lipinski definition) is 3. The first-order chi connectivity index (χ1) is 11.2. The second kappa shape index (κ2) is 9.26. The van der Waals surface area contributed by atoms with Crippen LogP contribution >= 0.6 is 0 Å². The molecule has 0 saturated carbocycles. The van der Waals surface area contributed by atoms with E-state index in [2.05, 4.69) is 6.58 Å². The van der Waals surface area contributed by atoms with Crippen molar-refractivity contribution in [3.05, 3.63) is 84.4 Å². The minimum absolute atomic E-state index is 0.125. The summed E-state index contributed by atoms with van der Waals surface area (Å²) in [5.41, 5.74) is 2.20. The fourth-order valence-corrected chi connectivity index (χ4v) is 2.43. The SMILES string of the molecule is C=CC(C)C(COCc1ccccc1)N(O)Cc1ccccc1. The Morgan fingerprint density at radius 1 is 1.04 bits per heavy atom. The van der Waals surface area contributed by atoms with Crippen LogP contribution in [0.5, 0.6) is 0 Å². The van der Waals surface area contributed by atoms with Crippen LogP contribution in [-0.4, -0.2) is 22.9 Å². The van der Waals surface area contributed by atoms with Crippen molar-refractivity contribution >= 4 is 0 Å². The number of rotatable bonds is 9. The minimum atomic E-state index is -0.128. The lowest BCUT2D eigenvalue weighted by molar-refractivity contribution is -0.161. The molecule has 0 heterocycles. The molecular weight excluding hydrogens is 286 g/mol. The normalized spacial score (nSPS) is 13.7. The summed E-state index contributed by atoms with van der Waals surface area (Å²) in [5.74, 6) is 0.125. The number of ether oxygens (including phenoxy) is 1. The van der Waals surface area contributed by atoms with Crippen molar-refractivity contribution < 1.29 is 9.94 Å². The molecule has 0 amide bonds. The van der Waals surface area contributed by atoms with Gasteiger partial charge in [-0.15, -0.1) is 6.58 Å². The van der Waals surface area contributed by atoms with E-state index in [1.54, 1.807) is 0 Å². The van der Waals surface area contributed by atoms with Gasteiger partial charge in [0.2, 0.25) is 0 Å². The number of hydroxylamine groups is 2. The lowest BCUT2D eigenvalue weighted by Crippen LogP contribution is -2.40. The number of nitrogens with zero attached hydrogens (tertiary/aromatic N) is 1. The third-order valence-electron chi connectivity index (χ3n) is 3.95. The van der Waals surface area contributed by atoms with E-state index >= 15 is 0 Å². The van der Waals surface area contributed by atoms with E-state index in [9.17, 15) is 5.21 Å². The van der Waals surface area contributed by atoms with Gasteiger partial charge in [-0.1, -0.05) is 73.7 Å².